The molecule has 0 spiro atoms. The Hall–Kier alpha value is -0.180. The summed E-state index contributed by atoms with van der Waals surface area (Å²) in [6.45, 7) is 2.08. The quantitative estimate of drug-likeness (QED) is 0.803. The molecule has 0 aliphatic heterocycles. The van der Waals surface area contributed by atoms with Gasteiger partial charge in [-0.3, -0.25) is 0 Å². The molecule has 3 heteroatoms. The fourth-order valence-corrected chi connectivity index (χ4v) is 3.52. The summed E-state index contributed by atoms with van der Waals surface area (Å²) in [5.74, 6) is 0. The third-order valence-electron chi connectivity index (χ3n) is 3.48. The van der Waals surface area contributed by atoms with E-state index in [0.717, 1.165) is 36.3 Å². The summed E-state index contributed by atoms with van der Waals surface area (Å²) in [5, 5.41) is 11.3. The molecule has 1 nitrogen and oxygen atoms in total. The predicted octanol–water partition coefficient (Wildman–Crippen LogP) is 4.13. The van der Waals surface area contributed by atoms with E-state index < -0.39 is 5.60 Å². The van der Waals surface area contributed by atoms with Gasteiger partial charge >= 0.3 is 0 Å². The zero-order chi connectivity index (χ0) is 11.8. The van der Waals surface area contributed by atoms with Crippen LogP contribution in [0.15, 0.2) is 17.0 Å². The van der Waals surface area contributed by atoms with Crippen molar-refractivity contribution in [3.05, 3.63) is 28.3 Å². The van der Waals surface area contributed by atoms with Crippen molar-refractivity contribution in [2.75, 3.05) is 6.26 Å². The summed E-state index contributed by atoms with van der Waals surface area (Å²) >= 11 is 7.80. The second-order valence-electron chi connectivity index (χ2n) is 4.52. The SMILES string of the molecule is CSc1cc(Cl)cc(C2(O)CCCC2)c1C. The van der Waals surface area contributed by atoms with Crippen LogP contribution in [0, 0.1) is 6.92 Å². The molecule has 0 radical (unpaired) electrons. The summed E-state index contributed by atoms with van der Waals surface area (Å²) in [4.78, 5) is 1.17. The Morgan fingerprint density at radius 3 is 2.50 bits per heavy atom. The van der Waals surface area contributed by atoms with Crippen molar-refractivity contribution >= 4 is 23.4 Å². The van der Waals surface area contributed by atoms with Crippen molar-refractivity contribution in [2.45, 2.75) is 43.1 Å². The maximum atomic E-state index is 10.6. The first-order valence-electron chi connectivity index (χ1n) is 5.64. The average molecular weight is 257 g/mol. The number of hydrogen-bond donors (Lipinski definition) is 1. The van der Waals surface area contributed by atoms with Crippen LogP contribution in [-0.2, 0) is 5.60 Å². The van der Waals surface area contributed by atoms with E-state index in [9.17, 15) is 5.11 Å². The normalized spacial score (nSPS) is 19.0. The largest absolute Gasteiger partial charge is 0.385 e. The first kappa shape index (κ1) is 12.3. The number of hydrogen-bond acceptors (Lipinski definition) is 2. The van der Waals surface area contributed by atoms with Crippen LogP contribution in [0.1, 0.15) is 36.8 Å². The van der Waals surface area contributed by atoms with Crippen LogP contribution in [0.5, 0.6) is 0 Å². The van der Waals surface area contributed by atoms with Gasteiger partial charge in [0.15, 0.2) is 0 Å². The summed E-state index contributed by atoms with van der Waals surface area (Å²) in [5.41, 5.74) is 1.57. The maximum absolute atomic E-state index is 10.6. The molecule has 1 fully saturated rings. The zero-order valence-corrected chi connectivity index (χ0v) is 11.3. The van der Waals surface area contributed by atoms with E-state index >= 15 is 0 Å². The summed E-state index contributed by atoms with van der Waals surface area (Å²) in [6, 6.07) is 3.91. The number of benzene rings is 1. The van der Waals surface area contributed by atoms with Crippen LogP contribution in [-0.4, -0.2) is 11.4 Å². The van der Waals surface area contributed by atoms with Crippen molar-refractivity contribution in [1.29, 1.82) is 0 Å². The molecule has 88 valence electrons. The van der Waals surface area contributed by atoms with E-state index in [4.69, 9.17) is 11.6 Å². The average Bonchev–Trinajstić information content (AvgIpc) is 2.69. The lowest BCUT2D eigenvalue weighted by Crippen LogP contribution is -2.22. The monoisotopic (exact) mass is 256 g/mol. The highest BCUT2D eigenvalue weighted by Gasteiger charge is 2.34. The number of aliphatic hydroxyl groups is 1. The van der Waals surface area contributed by atoms with Crippen LogP contribution in [0.2, 0.25) is 5.02 Å². The van der Waals surface area contributed by atoms with Crippen LogP contribution >= 0.6 is 23.4 Å². The van der Waals surface area contributed by atoms with E-state index in [2.05, 4.69) is 6.92 Å². The first-order chi connectivity index (χ1) is 7.57. The highest BCUT2D eigenvalue weighted by atomic mass is 35.5. The van der Waals surface area contributed by atoms with E-state index in [0.29, 0.717) is 0 Å². The molecule has 2 rings (SSSR count). The van der Waals surface area contributed by atoms with Gasteiger partial charge in [0, 0.05) is 9.92 Å². The molecular weight excluding hydrogens is 240 g/mol. The molecule has 0 saturated heterocycles. The standard InChI is InChI=1S/C13H17ClOS/c1-9-11(13(15)5-3-4-6-13)7-10(14)8-12(9)16-2/h7-8,15H,3-6H2,1-2H3. The second kappa shape index (κ2) is 4.59. The van der Waals surface area contributed by atoms with Gasteiger partial charge in [0.05, 0.1) is 5.60 Å². The molecule has 0 heterocycles. The van der Waals surface area contributed by atoms with Crippen molar-refractivity contribution in [2.24, 2.45) is 0 Å². The van der Waals surface area contributed by atoms with Gasteiger partial charge in [0.2, 0.25) is 0 Å². The predicted molar refractivity (Wildman–Crippen MR) is 70.3 cm³/mol. The lowest BCUT2D eigenvalue weighted by molar-refractivity contribution is 0.0436. The van der Waals surface area contributed by atoms with Gasteiger partial charge in [-0.15, -0.1) is 11.8 Å². The minimum atomic E-state index is -0.639. The van der Waals surface area contributed by atoms with Crippen molar-refractivity contribution in [1.82, 2.24) is 0 Å². The molecule has 1 aliphatic rings. The molecular formula is C13H17ClOS. The van der Waals surface area contributed by atoms with Crippen LogP contribution in [0.4, 0.5) is 0 Å². The molecule has 1 aromatic rings. The highest BCUT2D eigenvalue weighted by Crippen LogP contribution is 2.42. The Labute approximate surface area is 106 Å². The van der Waals surface area contributed by atoms with Crippen molar-refractivity contribution in [3.8, 4) is 0 Å². The molecule has 0 atom stereocenters. The Kier molecular flexibility index (Phi) is 3.53. The Morgan fingerprint density at radius 2 is 1.94 bits per heavy atom. The minimum absolute atomic E-state index is 0.639. The molecule has 0 bridgehead atoms. The topological polar surface area (TPSA) is 20.2 Å². The van der Waals surface area contributed by atoms with Gasteiger partial charge in [-0.05, 0) is 49.3 Å². The van der Waals surface area contributed by atoms with Crippen molar-refractivity contribution < 1.29 is 5.11 Å². The van der Waals surface area contributed by atoms with E-state index in [-0.39, 0.29) is 0 Å². The molecule has 1 N–H and O–H groups in total. The lowest BCUT2D eigenvalue weighted by atomic mass is 9.89. The van der Waals surface area contributed by atoms with Gasteiger partial charge < -0.3 is 5.11 Å². The fraction of sp³-hybridized carbons (Fsp3) is 0.538. The van der Waals surface area contributed by atoms with Crippen LogP contribution in [0.25, 0.3) is 0 Å². The molecule has 0 unspecified atom stereocenters. The lowest BCUT2D eigenvalue weighted by Gasteiger charge is -2.26. The van der Waals surface area contributed by atoms with Gasteiger partial charge in [0.1, 0.15) is 0 Å². The Bertz CT molecular complexity index is 397. The molecule has 1 aliphatic carbocycles. The molecule has 1 aromatic carbocycles. The minimum Gasteiger partial charge on any atom is -0.385 e. The van der Waals surface area contributed by atoms with Crippen molar-refractivity contribution in [3.63, 3.8) is 0 Å². The maximum Gasteiger partial charge on any atom is 0.0900 e. The number of thioether (sulfide) groups is 1. The highest BCUT2D eigenvalue weighted by molar-refractivity contribution is 7.98. The van der Waals surface area contributed by atoms with E-state index in [1.807, 2.05) is 18.4 Å². The number of rotatable bonds is 2. The van der Waals surface area contributed by atoms with Crippen LogP contribution in [0.3, 0.4) is 0 Å². The Morgan fingerprint density at radius 1 is 1.31 bits per heavy atom. The summed E-state index contributed by atoms with van der Waals surface area (Å²) in [6.07, 6.45) is 5.99. The molecule has 1 saturated carbocycles. The van der Waals surface area contributed by atoms with Gasteiger partial charge in [-0.2, -0.15) is 0 Å². The van der Waals surface area contributed by atoms with Gasteiger partial charge in [0.25, 0.3) is 0 Å². The summed E-state index contributed by atoms with van der Waals surface area (Å²) < 4.78 is 0. The molecule has 0 aromatic heterocycles. The third kappa shape index (κ3) is 2.11. The smallest absolute Gasteiger partial charge is 0.0900 e. The third-order valence-corrected chi connectivity index (χ3v) is 4.56. The summed E-state index contributed by atoms with van der Waals surface area (Å²) in [7, 11) is 0. The molecule has 0 amide bonds. The van der Waals surface area contributed by atoms with Gasteiger partial charge in [-0.1, -0.05) is 24.4 Å². The number of halogens is 1. The second-order valence-corrected chi connectivity index (χ2v) is 5.80. The van der Waals surface area contributed by atoms with Crippen LogP contribution < -0.4 is 0 Å². The van der Waals surface area contributed by atoms with E-state index in [1.54, 1.807) is 11.8 Å². The van der Waals surface area contributed by atoms with Gasteiger partial charge in [-0.25, -0.2) is 0 Å². The fourth-order valence-electron chi connectivity index (χ4n) is 2.58. The van der Waals surface area contributed by atoms with E-state index in [1.165, 1.54) is 10.5 Å². The molecule has 16 heavy (non-hydrogen) atoms. The first-order valence-corrected chi connectivity index (χ1v) is 7.24. The zero-order valence-electron chi connectivity index (χ0n) is 9.72. The Balaban J connectivity index is 2.51.